The van der Waals surface area contributed by atoms with E-state index in [0.29, 0.717) is 22.8 Å². The lowest BCUT2D eigenvalue weighted by molar-refractivity contribution is 0.0950. The molecule has 0 unspecified atom stereocenters. The van der Waals surface area contributed by atoms with E-state index in [-0.39, 0.29) is 12.5 Å². The zero-order valence-electron chi connectivity index (χ0n) is 10.8. The third-order valence-corrected chi connectivity index (χ3v) is 2.74. The molecule has 1 heterocycles. The zero-order chi connectivity index (χ0) is 13.8. The molecular weight excluding hydrogens is 246 g/mol. The van der Waals surface area contributed by atoms with Gasteiger partial charge in [0.2, 0.25) is 0 Å². The van der Waals surface area contributed by atoms with E-state index in [1.165, 1.54) is 7.11 Å². The molecule has 100 valence electrons. The number of hydrogen-bond acceptors (Lipinski definition) is 5. The molecule has 7 nitrogen and oxygen atoms in total. The van der Waals surface area contributed by atoms with Crippen molar-refractivity contribution in [2.75, 3.05) is 12.8 Å². The second-order valence-corrected chi connectivity index (χ2v) is 3.96. The van der Waals surface area contributed by atoms with Crippen LogP contribution in [-0.4, -0.2) is 27.8 Å². The Balaban J connectivity index is 2.10. The van der Waals surface area contributed by atoms with Gasteiger partial charge < -0.3 is 20.4 Å². The summed E-state index contributed by atoms with van der Waals surface area (Å²) in [5.41, 5.74) is 6.55. The minimum atomic E-state index is -0.278. The van der Waals surface area contributed by atoms with Gasteiger partial charge >= 0.3 is 0 Å². The molecule has 0 bridgehead atoms. The van der Waals surface area contributed by atoms with Gasteiger partial charge in [0.25, 0.3) is 5.91 Å². The van der Waals surface area contributed by atoms with Crippen LogP contribution in [0.5, 0.6) is 5.75 Å². The van der Waals surface area contributed by atoms with Gasteiger partial charge in [-0.3, -0.25) is 4.79 Å². The molecule has 1 amide bonds. The van der Waals surface area contributed by atoms with E-state index in [1.807, 2.05) is 0 Å². The molecule has 0 aliphatic rings. The van der Waals surface area contributed by atoms with E-state index in [9.17, 15) is 4.79 Å². The fourth-order valence-corrected chi connectivity index (χ4v) is 1.64. The number of anilines is 1. The highest BCUT2D eigenvalue weighted by atomic mass is 16.5. The fraction of sp³-hybridized carbons (Fsp3) is 0.250. The normalized spacial score (nSPS) is 10.2. The number of aryl methyl sites for hydroxylation is 1. The van der Waals surface area contributed by atoms with Gasteiger partial charge in [0, 0.05) is 7.05 Å². The Labute approximate surface area is 110 Å². The van der Waals surface area contributed by atoms with E-state index in [0.717, 1.165) is 0 Å². The van der Waals surface area contributed by atoms with Crippen LogP contribution in [0.4, 0.5) is 5.69 Å². The second-order valence-electron chi connectivity index (χ2n) is 3.96. The maximum atomic E-state index is 12.0. The Kier molecular flexibility index (Phi) is 3.65. The molecule has 2 aromatic rings. The van der Waals surface area contributed by atoms with Gasteiger partial charge in [-0.2, -0.15) is 0 Å². The van der Waals surface area contributed by atoms with Crippen LogP contribution in [0.3, 0.4) is 0 Å². The number of nitrogens with one attached hydrogen (secondary N) is 1. The van der Waals surface area contributed by atoms with E-state index in [1.54, 1.807) is 36.1 Å². The van der Waals surface area contributed by atoms with Crippen LogP contribution < -0.4 is 15.8 Å². The SMILES string of the molecule is COc1cccc(C(=O)NCc2nncn2C)c1N. The molecular formula is C12H15N5O2. The van der Waals surface area contributed by atoms with Crippen molar-refractivity contribution in [2.24, 2.45) is 7.05 Å². The molecule has 19 heavy (non-hydrogen) atoms. The standard InChI is InChI=1S/C12H15N5O2/c1-17-7-15-16-10(17)6-14-12(18)8-4-3-5-9(19-2)11(8)13/h3-5,7H,6,13H2,1-2H3,(H,14,18). The number of methoxy groups -OCH3 is 1. The highest BCUT2D eigenvalue weighted by Crippen LogP contribution is 2.24. The molecule has 7 heteroatoms. The lowest BCUT2D eigenvalue weighted by atomic mass is 10.1. The summed E-state index contributed by atoms with van der Waals surface area (Å²) in [6.45, 7) is 0.284. The van der Waals surface area contributed by atoms with Crippen molar-refractivity contribution in [1.29, 1.82) is 0 Å². The van der Waals surface area contributed by atoms with Crippen molar-refractivity contribution in [2.45, 2.75) is 6.54 Å². The second kappa shape index (κ2) is 5.38. The lowest BCUT2D eigenvalue weighted by Crippen LogP contribution is -2.25. The first kappa shape index (κ1) is 12.9. The highest BCUT2D eigenvalue weighted by molar-refractivity contribution is 6.00. The Morgan fingerprint density at radius 3 is 2.95 bits per heavy atom. The number of rotatable bonds is 4. The third kappa shape index (κ3) is 2.65. The molecule has 3 N–H and O–H groups in total. The zero-order valence-corrected chi connectivity index (χ0v) is 10.8. The predicted molar refractivity (Wildman–Crippen MR) is 69.6 cm³/mol. The Bertz CT molecular complexity index is 594. The summed E-state index contributed by atoms with van der Waals surface area (Å²) in [5.74, 6) is 0.862. The summed E-state index contributed by atoms with van der Waals surface area (Å²) in [6.07, 6.45) is 1.57. The van der Waals surface area contributed by atoms with Crippen molar-refractivity contribution in [1.82, 2.24) is 20.1 Å². The first-order valence-corrected chi connectivity index (χ1v) is 5.67. The molecule has 0 aliphatic carbocycles. The van der Waals surface area contributed by atoms with Gasteiger partial charge in [-0.15, -0.1) is 10.2 Å². The molecule has 1 aromatic heterocycles. The quantitative estimate of drug-likeness (QED) is 0.774. The number of para-hydroxylation sites is 1. The average molecular weight is 261 g/mol. The third-order valence-electron chi connectivity index (χ3n) is 2.74. The number of benzene rings is 1. The van der Waals surface area contributed by atoms with Gasteiger partial charge in [-0.05, 0) is 12.1 Å². The topological polar surface area (TPSA) is 95.1 Å². The smallest absolute Gasteiger partial charge is 0.253 e. The van der Waals surface area contributed by atoms with Crippen LogP contribution in [0.1, 0.15) is 16.2 Å². The van der Waals surface area contributed by atoms with E-state index in [4.69, 9.17) is 10.5 Å². The van der Waals surface area contributed by atoms with E-state index < -0.39 is 0 Å². The Morgan fingerprint density at radius 2 is 2.32 bits per heavy atom. The summed E-state index contributed by atoms with van der Waals surface area (Å²) in [6, 6.07) is 5.06. The van der Waals surface area contributed by atoms with Crippen LogP contribution in [0, 0.1) is 0 Å². The van der Waals surface area contributed by atoms with Crippen LogP contribution in [0.25, 0.3) is 0 Å². The van der Waals surface area contributed by atoms with Crippen molar-refractivity contribution in [3.05, 3.63) is 35.9 Å². The van der Waals surface area contributed by atoms with Gasteiger partial charge in [-0.25, -0.2) is 0 Å². The molecule has 0 aliphatic heterocycles. The predicted octanol–water partition coefficient (Wildman–Crippen LogP) is 0.336. The van der Waals surface area contributed by atoms with Crippen molar-refractivity contribution < 1.29 is 9.53 Å². The largest absolute Gasteiger partial charge is 0.495 e. The number of nitrogens with zero attached hydrogens (tertiary/aromatic N) is 3. The number of hydrogen-bond donors (Lipinski definition) is 2. The molecule has 0 spiro atoms. The van der Waals surface area contributed by atoms with Gasteiger partial charge in [0.15, 0.2) is 5.82 Å². The molecule has 0 atom stereocenters. The van der Waals surface area contributed by atoms with Crippen LogP contribution in [0.15, 0.2) is 24.5 Å². The first-order chi connectivity index (χ1) is 9.13. The number of carbonyl (C=O) groups is 1. The van der Waals surface area contributed by atoms with Crippen LogP contribution in [-0.2, 0) is 13.6 Å². The van der Waals surface area contributed by atoms with Crippen molar-refractivity contribution >= 4 is 11.6 Å². The lowest BCUT2D eigenvalue weighted by Gasteiger charge is -2.10. The summed E-state index contributed by atoms with van der Waals surface area (Å²) < 4.78 is 6.81. The molecule has 0 radical (unpaired) electrons. The molecule has 0 saturated carbocycles. The maximum Gasteiger partial charge on any atom is 0.253 e. The van der Waals surface area contributed by atoms with Crippen molar-refractivity contribution in [3.8, 4) is 5.75 Å². The summed E-state index contributed by atoms with van der Waals surface area (Å²) in [4.78, 5) is 12.0. The van der Waals surface area contributed by atoms with Crippen LogP contribution >= 0.6 is 0 Å². The van der Waals surface area contributed by atoms with Gasteiger partial charge in [-0.1, -0.05) is 6.07 Å². The minimum Gasteiger partial charge on any atom is -0.495 e. The maximum absolute atomic E-state index is 12.0. The number of ether oxygens (including phenoxy) is 1. The van der Waals surface area contributed by atoms with Gasteiger partial charge in [0.1, 0.15) is 12.1 Å². The first-order valence-electron chi connectivity index (χ1n) is 5.67. The Hall–Kier alpha value is -2.57. The number of carbonyl (C=O) groups excluding carboxylic acids is 1. The average Bonchev–Trinajstić information content (AvgIpc) is 2.82. The minimum absolute atomic E-state index is 0.278. The Morgan fingerprint density at radius 1 is 1.53 bits per heavy atom. The highest BCUT2D eigenvalue weighted by Gasteiger charge is 2.13. The number of aromatic nitrogens is 3. The summed E-state index contributed by atoms with van der Waals surface area (Å²) in [5, 5.41) is 10.4. The van der Waals surface area contributed by atoms with E-state index in [2.05, 4.69) is 15.5 Å². The summed E-state index contributed by atoms with van der Waals surface area (Å²) >= 11 is 0. The van der Waals surface area contributed by atoms with Gasteiger partial charge in [0.05, 0.1) is 24.9 Å². The number of amides is 1. The van der Waals surface area contributed by atoms with E-state index >= 15 is 0 Å². The summed E-state index contributed by atoms with van der Waals surface area (Å²) in [7, 11) is 3.31. The molecule has 2 rings (SSSR count). The molecule has 1 aromatic carbocycles. The number of nitrogen functional groups attached to an aromatic ring is 1. The fourth-order valence-electron chi connectivity index (χ4n) is 1.64. The van der Waals surface area contributed by atoms with Crippen LogP contribution in [0.2, 0.25) is 0 Å². The number of nitrogens with two attached hydrogens (primary N) is 1. The molecule has 0 fully saturated rings. The molecule has 0 saturated heterocycles. The monoisotopic (exact) mass is 261 g/mol. The van der Waals surface area contributed by atoms with Crippen molar-refractivity contribution in [3.63, 3.8) is 0 Å².